The number of hydrogen-bond acceptors (Lipinski definition) is 38. The Kier molecular flexibility index (Phi) is 44.6. The number of hydrogen-bond donors (Lipinski definition) is 6. The largest absolute Gasteiger partial charge is 0.463 e. The lowest BCUT2D eigenvalue weighted by Crippen LogP contribution is -2.66. The van der Waals surface area contributed by atoms with Gasteiger partial charge in [-0.2, -0.15) is 0 Å². The molecule has 3 heterocycles. The van der Waals surface area contributed by atoms with E-state index in [0.717, 1.165) is 76.2 Å². The van der Waals surface area contributed by atoms with Gasteiger partial charge in [0.15, 0.2) is 55.5 Å². The first-order chi connectivity index (χ1) is 52.5. The van der Waals surface area contributed by atoms with Gasteiger partial charge in [0, 0.05) is 133 Å². The van der Waals surface area contributed by atoms with Crippen molar-refractivity contribution in [2.24, 2.45) is 0 Å². The van der Waals surface area contributed by atoms with Crippen LogP contribution in [0.3, 0.4) is 0 Å². The van der Waals surface area contributed by atoms with Crippen molar-refractivity contribution in [3.8, 4) is 0 Å². The number of carbonyl (C=O) groups excluding carboxylic acids is 15. The lowest BCUT2D eigenvalue weighted by Gasteiger charge is -2.44. The Morgan fingerprint density at radius 3 is 0.874 bits per heavy atom. The maximum Gasteiger partial charge on any atom is 0.303 e. The number of rotatable bonds is 51. The second-order valence-corrected chi connectivity index (χ2v) is 24.8. The molecule has 0 aromatic heterocycles. The number of amides is 6. The monoisotopic (exact) mass is 1600 g/mol. The van der Waals surface area contributed by atoms with E-state index in [0.29, 0.717) is 0 Å². The van der Waals surface area contributed by atoms with Crippen LogP contribution in [0.25, 0.3) is 0 Å². The van der Waals surface area contributed by atoms with Gasteiger partial charge in [0.05, 0.1) is 85.9 Å². The van der Waals surface area contributed by atoms with E-state index in [1.807, 2.05) is 0 Å². The molecule has 0 aromatic rings. The maximum atomic E-state index is 13.2. The Morgan fingerprint density at radius 2 is 0.604 bits per heavy atom. The summed E-state index contributed by atoms with van der Waals surface area (Å²) >= 11 is 0. The number of nitro groups is 1. The van der Waals surface area contributed by atoms with Crippen molar-refractivity contribution in [3.63, 3.8) is 0 Å². The van der Waals surface area contributed by atoms with Gasteiger partial charge in [-0.05, 0) is 0 Å². The van der Waals surface area contributed by atoms with Gasteiger partial charge in [-0.25, -0.2) is 11.0 Å². The Balaban J connectivity index is 1.61. The minimum absolute atomic E-state index is 0.00311. The van der Waals surface area contributed by atoms with Crippen molar-refractivity contribution in [1.82, 2.24) is 32.2 Å². The van der Waals surface area contributed by atoms with Crippen molar-refractivity contribution >= 4 is 89.2 Å². The van der Waals surface area contributed by atoms with E-state index in [4.69, 9.17) is 99.7 Å². The summed E-state index contributed by atoms with van der Waals surface area (Å²) in [4.78, 5) is 207. The number of nitrogens with zero attached hydrogens (tertiary/aromatic N) is 1. The molecule has 0 spiro atoms. The summed E-state index contributed by atoms with van der Waals surface area (Å²) in [6, 6.07) is -3.71. The Bertz CT molecular complexity index is 2950. The van der Waals surface area contributed by atoms with Crippen LogP contribution in [0.5, 0.6) is 0 Å². The average molecular weight is 1600 g/mol. The predicted octanol–water partition coefficient (Wildman–Crippen LogP) is -3.36. The topological polar surface area (TPSA) is 565 Å². The average Bonchev–Trinajstić information content (AvgIpc) is 0.797. The molecule has 45 nitrogen and oxygen atoms in total. The van der Waals surface area contributed by atoms with E-state index >= 15 is 0 Å². The molecule has 45 heteroatoms. The molecule has 15 unspecified atom stereocenters. The van der Waals surface area contributed by atoms with Gasteiger partial charge in [-0.3, -0.25) is 91.7 Å². The summed E-state index contributed by atoms with van der Waals surface area (Å²) in [5.41, 5.74) is 2.23. The van der Waals surface area contributed by atoms with Crippen LogP contribution in [0, 0.1) is 10.1 Å². The van der Waals surface area contributed by atoms with E-state index in [1.54, 1.807) is 0 Å². The van der Waals surface area contributed by atoms with Gasteiger partial charge in [0.1, 0.15) is 56.3 Å². The fourth-order valence-electron chi connectivity index (χ4n) is 11.1. The number of esters is 9. The third-order valence-corrected chi connectivity index (χ3v) is 15.6. The molecule has 15 atom stereocenters. The first-order valence-electron chi connectivity index (χ1n) is 35.1. The Labute approximate surface area is 637 Å². The lowest BCUT2D eigenvalue weighted by molar-refractivity contribution is -0.573. The molecule has 0 radical (unpaired) electrons. The van der Waals surface area contributed by atoms with E-state index in [-0.39, 0.29) is 92.4 Å². The molecule has 0 bridgehead atoms. The molecule has 0 aromatic carbocycles. The van der Waals surface area contributed by atoms with Gasteiger partial charge >= 0.3 is 53.7 Å². The molecule has 0 saturated carbocycles. The third-order valence-electron chi connectivity index (χ3n) is 15.6. The molecule has 3 aliphatic heterocycles. The Hall–Kier alpha value is -9.03. The molecule has 0 aliphatic carbocycles. The molecule has 111 heavy (non-hydrogen) atoms. The molecule has 630 valence electrons. The zero-order chi connectivity index (χ0) is 82.8. The number of nitrogens with one attached hydrogen (secondary N) is 6. The van der Waals surface area contributed by atoms with Gasteiger partial charge in [0.2, 0.25) is 41.0 Å². The predicted molar refractivity (Wildman–Crippen MR) is 362 cm³/mol. The van der Waals surface area contributed by atoms with Crippen LogP contribution in [-0.4, -0.2) is 304 Å². The zero-order valence-electron chi connectivity index (χ0n) is 63.9. The number of hydroxylamine groups is 2. The van der Waals surface area contributed by atoms with Crippen LogP contribution in [0.15, 0.2) is 0 Å². The molecule has 3 aliphatic rings. The summed E-state index contributed by atoms with van der Waals surface area (Å²) in [6.07, 6.45) is -19.0. The van der Waals surface area contributed by atoms with Gasteiger partial charge < -0.3 is 111 Å². The van der Waals surface area contributed by atoms with Gasteiger partial charge in [-0.15, -0.1) is 0 Å². The fraction of sp³-hybridized carbons (Fsp3) is 0.773. The molecule has 6 amide bonds. The van der Waals surface area contributed by atoms with Crippen LogP contribution in [0.1, 0.15) is 122 Å². The molecule has 3 fully saturated rings. The van der Waals surface area contributed by atoms with Crippen LogP contribution in [-0.2, 0) is 172 Å². The second-order valence-electron chi connectivity index (χ2n) is 24.8. The second kappa shape index (κ2) is 51.5. The summed E-state index contributed by atoms with van der Waals surface area (Å²) in [6.45, 7) is 9.89. The highest BCUT2D eigenvalue weighted by atomic mass is 16.7. The first-order valence-corrected chi connectivity index (χ1v) is 35.1. The summed E-state index contributed by atoms with van der Waals surface area (Å²) in [5.74, 6) is -11.1. The first kappa shape index (κ1) is 96.2. The van der Waals surface area contributed by atoms with Crippen LogP contribution in [0.2, 0.25) is 0 Å². The normalized spacial score (nSPS) is 23.9. The van der Waals surface area contributed by atoms with Crippen LogP contribution < -0.4 is 32.2 Å². The summed E-state index contributed by atoms with van der Waals surface area (Å²) in [7, 11) is 0. The number of ether oxygens (including phenoxy) is 19. The highest BCUT2D eigenvalue weighted by Crippen LogP contribution is 2.33. The summed E-state index contributed by atoms with van der Waals surface area (Å²) < 4.78 is 105. The standard InChI is InChI=1S/C66H103N7O38/c1-36(74)68-54-60(106-45(10)83)57(103-42(7)80)48(33-98-39(4)77)109-63(54)95-28-23-92-22-21-91-20-19-67-51(86)13-16-66(73(89)90,17-14-52(87)71-101-31-26-93-24-29-96-64-55(69-37(2)75)61(107-46(11)84)58(104-43(8)81)49(110-64)34-99-40(5)78)18-15-53(88)72-102-32-27-94-25-30-97-65-56(70-38(3)76)62(108-47(12)85)59(105-44(9)82)50(111-65)35-100-41(6)79/h48-50,54-65H,13-35H2,1-12H3,(H,67,86)(H,68,74)(H,69,75)(H,70,76)(H,71,87)(H,72,88). The molecular weight excluding hydrogens is 1500 g/mol. The highest BCUT2D eigenvalue weighted by Gasteiger charge is 2.55. The Morgan fingerprint density at radius 1 is 0.342 bits per heavy atom. The van der Waals surface area contributed by atoms with Crippen molar-refractivity contribution in [3.05, 3.63) is 10.1 Å². The van der Waals surface area contributed by atoms with E-state index < -0.39 is 250 Å². The van der Waals surface area contributed by atoms with Crippen LogP contribution >= 0.6 is 0 Å². The molecule has 6 N–H and O–H groups in total. The van der Waals surface area contributed by atoms with E-state index in [2.05, 4.69) is 32.2 Å². The van der Waals surface area contributed by atoms with E-state index in [9.17, 15) is 82.0 Å². The quantitative estimate of drug-likeness (QED) is 0.0114. The smallest absolute Gasteiger partial charge is 0.303 e. The van der Waals surface area contributed by atoms with Crippen molar-refractivity contribution < 1.29 is 177 Å². The van der Waals surface area contributed by atoms with Crippen LogP contribution in [0.4, 0.5) is 0 Å². The summed E-state index contributed by atoms with van der Waals surface area (Å²) in [5, 5.41) is 23.3. The van der Waals surface area contributed by atoms with Crippen molar-refractivity contribution in [1.29, 1.82) is 0 Å². The lowest BCUT2D eigenvalue weighted by atomic mass is 9.84. The van der Waals surface area contributed by atoms with Crippen molar-refractivity contribution in [2.45, 2.75) is 219 Å². The molecule has 3 rings (SSSR count). The van der Waals surface area contributed by atoms with E-state index in [1.165, 1.54) is 6.92 Å². The minimum Gasteiger partial charge on any atom is -0.463 e. The minimum atomic E-state index is -2.09. The maximum absolute atomic E-state index is 13.2. The number of carbonyl (C=O) groups is 15. The third kappa shape index (κ3) is 38.2. The molecular formula is C66H103N7O38. The zero-order valence-corrected chi connectivity index (χ0v) is 63.9. The SMILES string of the molecule is CC(=O)NC1C(OCCOCCOCCNC(=O)CCC(CCC(=O)NOCCOCCOC2OC(COC(C)=O)C(OC(C)=O)C(OC(C)=O)C2NC(C)=O)(CCC(=O)NOCCOCCOC2OC(COC(C)=O)C(OC(C)=O)C(OC(C)=O)C2NC(C)=O)[N+](=O)[O-])OC(COC(C)=O)C(OC(C)=O)C1OC(C)=O. The van der Waals surface area contributed by atoms with Crippen molar-refractivity contribution in [2.75, 3.05) is 112 Å². The van der Waals surface area contributed by atoms with Gasteiger partial charge in [0.25, 0.3) is 0 Å². The highest BCUT2D eigenvalue weighted by molar-refractivity contribution is 5.78. The fourth-order valence-corrected chi connectivity index (χ4v) is 11.1. The molecule has 3 saturated heterocycles. The van der Waals surface area contributed by atoms with Gasteiger partial charge in [-0.1, -0.05) is 0 Å².